The van der Waals surface area contributed by atoms with Gasteiger partial charge in [-0.25, -0.2) is 0 Å². The Balaban J connectivity index is 0.00000420. The smallest absolute Gasteiger partial charge is 0.191 e. The van der Waals surface area contributed by atoms with Crippen LogP contribution in [0.1, 0.15) is 51.6 Å². The summed E-state index contributed by atoms with van der Waals surface area (Å²) in [5.41, 5.74) is 1.20. The number of guanidine groups is 1. The second-order valence-corrected chi connectivity index (χ2v) is 7.67. The van der Waals surface area contributed by atoms with Gasteiger partial charge in [0.1, 0.15) is 5.75 Å². The third kappa shape index (κ3) is 10.5. The minimum Gasteiger partial charge on any atom is -0.493 e. The average molecular weight is 519 g/mol. The van der Waals surface area contributed by atoms with Crippen molar-refractivity contribution in [2.75, 3.05) is 40.0 Å². The Morgan fingerprint density at radius 3 is 2.48 bits per heavy atom. The molecule has 0 saturated carbocycles. The first kappa shape index (κ1) is 26.0. The maximum atomic E-state index is 5.90. The molecule has 0 spiro atoms. The van der Waals surface area contributed by atoms with E-state index in [1.165, 1.54) is 5.56 Å². The van der Waals surface area contributed by atoms with E-state index in [2.05, 4.69) is 48.5 Å². The summed E-state index contributed by atoms with van der Waals surface area (Å²) in [6.07, 6.45) is 3.33. The van der Waals surface area contributed by atoms with Crippen molar-refractivity contribution in [3.8, 4) is 5.75 Å². The topological polar surface area (TPSA) is 64.1 Å². The number of ether oxygens (including phenoxy) is 3. The quantitative estimate of drug-likeness (QED) is 0.211. The van der Waals surface area contributed by atoms with Crippen molar-refractivity contribution in [3.63, 3.8) is 0 Å². The van der Waals surface area contributed by atoms with Gasteiger partial charge in [-0.05, 0) is 49.8 Å². The first-order valence-corrected chi connectivity index (χ1v) is 10.5. The second kappa shape index (κ2) is 14.8. The van der Waals surface area contributed by atoms with Crippen molar-refractivity contribution in [3.05, 3.63) is 29.8 Å². The molecule has 1 heterocycles. The third-order valence-electron chi connectivity index (χ3n) is 4.68. The molecule has 1 fully saturated rings. The molecule has 1 unspecified atom stereocenters. The Morgan fingerprint density at radius 2 is 1.86 bits per heavy atom. The van der Waals surface area contributed by atoms with Crippen LogP contribution in [-0.2, 0) is 9.47 Å². The Kier molecular flexibility index (Phi) is 13.3. The molecule has 2 N–H and O–H groups in total. The molecule has 29 heavy (non-hydrogen) atoms. The Hall–Kier alpha value is -1.06. The minimum absolute atomic E-state index is 0. The fourth-order valence-electron chi connectivity index (χ4n) is 2.97. The summed E-state index contributed by atoms with van der Waals surface area (Å²) in [7, 11) is 1.80. The first-order valence-electron chi connectivity index (χ1n) is 10.5. The van der Waals surface area contributed by atoms with Crippen LogP contribution in [0.15, 0.2) is 29.3 Å². The molecule has 1 aliphatic heterocycles. The molecule has 1 aromatic rings. The van der Waals surface area contributed by atoms with E-state index in [4.69, 9.17) is 14.2 Å². The van der Waals surface area contributed by atoms with E-state index in [0.29, 0.717) is 12.0 Å². The number of nitrogens with one attached hydrogen (secondary N) is 2. The highest BCUT2D eigenvalue weighted by atomic mass is 127. The van der Waals surface area contributed by atoms with Gasteiger partial charge in [-0.2, -0.15) is 0 Å². The molecule has 0 aromatic heterocycles. The van der Waals surface area contributed by atoms with Gasteiger partial charge >= 0.3 is 0 Å². The molecule has 1 saturated heterocycles. The summed E-state index contributed by atoms with van der Waals surface area (Å²) >= 11 is 0. The molecule has 0 bridgehead atoms. The number of benzene rings is 1. The minimum atomic E-state index is 0. The zero-order valence-corrected chi connectivity index (χ0v) is 20.6. The molecule has 0 aliphatic carbocycles. The predicted octanol–water partition coefficient (Wildman–Crippen LogP) is 4.15. The van der Waals surface area contributed by atoms with Crippen molar-refractivity contribution in [2.24, 2.45) is 10.9 Å². The van der Waals surface area contributed by atoms with E-state index in [-0.39, 0.29) is 30.0 Å². The van der Waals surface area contributed by atoms with Gasteiger partial charge in [-0.3, -0.25) is 4.99 Å². The van der Waals surface area contributed by atoms with Gasteiger partial charge in [0.25, 0.3) is 0 Å². The lowest BCUT2D eigenvalue weighted by atomic mass is 10.1. The molecular formula is C22H38IN3O3. The van der Waals surface area contributed by atoms with Crippen LogP contribution in [0.4, 0.5) is 0 Å². The van der Waals surface area contributed by atoms with Gasteiger partial charge in [-0.1, -0.05) is 26.0 Å². The Bertz CT molecular complexity index is 575. The highest BCUT2D eigenvalue weighted by Crippen LogP contribution is 2.18. The normalized spacial score (nSPS) is 16.2. The fraction of sp³-hybridized carbons (Fsp3) is 0.682. The second-order valence-electron chi connectivity index (χ2n) is 7.67. The zero-order chi connectivity index (χ0) is 20.2. The first-order chi connectivity index (χ1) is 13.6. The molecule has 7 heteroatoms. The molecule has 166 valence electrons. The van der Waals surface area contributed by atoms with Crippen molar-refractivity contribution >= 4 is 29.9 Å². The standard InChI is InChI=1S/C22H37N3O3.HI/c1-17(2)16-28-20-8-6-19(7-9-20)18(3)25-22(23-4)24-12-5-13-27-21-10-14-26-15-11-21;/h6-9,17-18,21H,5,10-16H2,1-4H3,(H2,23,24,25);1H. The van der Waals surface area contributed by atoms with Gasteiger partial charge in [0, 0.05) is 33.4 Å². The molecule has 0 radical (unpaired) electrons. The van der Waals surface area contributed by atoms with Crippen molar-refractivity contribution in [1.82, 2.24) is 10.6 Å². The maximum absolute atomic E-state index is 5.90. The van der Waals surface area contributed by atoms with Crippen molar-refractivity contribution in [1.29, 1.82) is 0 Å². The molecular weight excluding hydrogens is 481 g/mol. The summed E-state index contributed by atoms with van der Waals surface area (Å²) in [4.78, 5) is 4.32. The van der Waals surface area contributed by atoms with E-state index in [1.807, 2.05) is 12.1 Å². The SMILES string of the molecule is CN=C(NCCCOC1CCOCC1)NC(C)c1ccc(OCC(C)C)cc1.I. The molecule has 2 rings (SSSR count). The van der Waals surface area contributed by atoms with Gasteiger partial charge in [0.2, 0.25) is 0 Å². The summed E-state index contributed by atoms with van der Waals surface area (Å²) in [5, 5.41) is 6.80. The van der Waals surface area contributed by atoms with E-state index in [1.54, 1.807) is 7.05 Å². The maximum Gasteiger partial charge on any atom is 0.191 e. The molecule has 1 aliphatic rings. The van der Waals surface area contributed by atoms with Gasteiger partial charge < -0.3 is 24.8 Å². The highest BCUT2D eigenvalue weighted by molar-refractivity contribution is 14.0. The summed E-state index contributed by atoms with van der Waals surface area (Å²) < 4.78 is 17.0. The monoisotopic (exact) mass is 519 g/mol. The van der Waals surface area contributed by atoms with E-state index >= 15 is 0 Å². The van der Waals surface area contributed by atoms with E-state index in [0.717, 1.165) is 63.9 Å². The van der Waals surface area contributed by atoms with Crippen LogP contribution in [0.25, 0.3) is 0 Å². The number of rotatable bonds is 10. The molecule has 1 aromatic carbocycles. The largest absolute Gasteiger partial charge is 0.493 e. The molecule has 1 atom stereocenters. The Labute approximate surface area is 193 Å². The number of hydrogen-bond acceptors (Lipinski definition) is 4. The summed E-state index contributed by atoms with van der Waals surface area (Å²) in [6, 6.07) is 8.41. The van der Waals surface area contributed by atoms with Crippen LogP contribution in [-0.4, -0.2) is 52.1 Å². The molecule has 0 amide bonds. The van der Waals surface area contributed by atoms with Crippen molar-refractivity contribution < 1.29 is 14.2 Å². The number of nitrogens with zero attached hydrogens (tertiary/aromatic N) is 1. The average Bonchev–Trinajstić information content (AvgIpc) is 2.72. The Morgan fingerprint density at radius 1 is 1.17 bits per heavy atom. The van der Waals surface area contributed by atoms with Crippen LogP contribution >= 0.6 is 24.0 Å². The molecule has 6 nitrogen and oxygen atoms in total. The number of halogens is 1. The van der Waals surface area contributed by atoms with Crippen LogP contribution in [0.3, 0.4) is 0 Å². The summed E-state index contributed by atoms with van der Waals surface area (Å²) in [5.74, 6) is 2.24. The van der Waals surface area contributed by atoms with E-state index in [9.17, 15) is 0 Å². The van der Waals surface area contributed by atoms with Crippen LogP contribution in [0, 0.1) is 5.92 Å². The van der Waals surface area contributed by atoms with Crippen LogP contribution < -0.4 is 15.4 Å². The lowest BCUT2D eigenvalue weighted by Crippen LogP contribution is -2.39. The lowest BCUT2D eigenvalue weighted by Gasteiger charge is -2.22. The zero-order valence-electron chi connectivity index (χ0n) is 18.3. The van der Waals surface area contributed by atoms with Gasteiger partial charge in [-0.15, -0.1) is 24.0 Å². The summed E-state index contributed by atoms with van der Waals surface area (Å²) in [6.45, 7) is 10.4. The third-order valence-corrected chi connectivity index (χ3v) is 4.68. The number of aliphatic imine (C=N–C) groups is 1. The van der Waals surface area contributed by atoms with Gasteiger partial charge in [0.05, 0.1) is 18.8 Å². The fourth-order valence-corrected chi connectivity index (χ4v) is 2.97. The predicted molar refractivity (Wildman–Crippen MR) is 130 cm³/mol. The lowest BCUT2D eigenvalue weighted by molar-refractivity contribution is -0.0320. The highest BCUT2D eigenvalue weighted by Gasteiger charge is 2.13. The van der Waals surface area contributed by atoms with Crippen molar-refractivity contribution in [2.45, 2.75) is 52.2 Å². The number of hydrogen-bond donors (Lipinski definition) is 2. The van der Waals surface area contributed by atoms with Crippen LogP contribution in [0.5, 0.6) is 5.75 Å². The van der Waals surface area contributed by atoms with Gasteiger partial charge in [0.15, 0.2) is 5.96 Å². The van der Waals surface area contributed by atoms with Crippen LogP contribution in [0.2, 0.25) is 0 Å². The van der Waals surface area contributed by atoms with E-state index < -0.39 is 0 Å².